The molecule has 0 bridgehead atoms. The molecule has 1 aliphatic heterocycles. The standard InChI is InChI=1S/C17H15Br2N5O2/c1-10-4-14(24-17(22-10)20-9-21-24)15-8-23(2-3-26-15)16(25)11-5-12(18)7-13(19)6-11/h4-7,9,15H,2-3,8H2,1H3/t15-/m0/s1. The van der Waals surface area contributed by atoms with Crippen molar-refractivity contribution in [2.45, 2.75) is 13.0 Å². The van der Waals surface area contributed by atoms with Gasteiger partial charge in [-0.05, 0) is 31.2 Å². The van der Waals surface area contributed by atoms with Crippen molar-refractivity contribution in [2.75, 3.05) is 19.7 Å². The number of morpholine rings is 1. The van der Waals surface area contributed by atoms with Gasteiger partial charge in [0.2, 0.25) is 0 Å². The van der Waals surface area contributed by atoms with Crippen molar-refractivity contribution in [1.82, 2.24) is 24.5 Å². The van der Waals surface area contributed by atoms with E-state index in [1.165, 1.54) is 6.33 Å². The van der Waals surface area contributed by atoms with Gasteiger partial charge in [0.05, 0.1) is 18.8 Å². The highest BCUT2D eigenvalue weighted by Crippen LogP contribution is 2.26. The fraction of sp³-hybridized carbons (Fsp3) is 0.294. The fourth-order valence-electron chi connectivity index (χ4n) is 3.06. The van der Waals surface area contributed by atoms with E-state index in [4.69, 9.17) is 4.74 Å². The molecule has 0 N–H and O–H groups in total. The van der Waals surface area contributed by atoms with Gasteiger partial charge >= 0.3 is 0 Å². The van der Waals surface area contributed by atoms with Crippen molar-refractivity contribution >= 4 is 43.5 Å². The predicted molar refractivity (Wildman–Crippen MR) is 102 cm³/mol. The SMILES string of the molecule is Cc1cc([C@@H]2CN(C(=O)c3cc(Br)cc(Br)c3)CCO2)n2ncnc2n1. The topological polar surface area (TPSA) is 72.6 Å². The van der Waals surface area contributed by atoms with E-state index in [0.717, 1.165) is 20.3 Å². The Bertz CT molecular complexity index is 970. The van der Waals surface area contributed by atoms with Gasteiger partial charge in [-0.1, -0.05) is 31.9 Å². The number of nitrogens with zero attached hydrogens (tertiary/aromatic N) is 5. The van der Waals surface area contributed by atoms with Gasteiger partial charge in [-0.3, -0.25) is 4.79 Å². The van der Waals surface area contributed by atoms with Crippen molar-refractivity contribution in [3.63, 3.8) is 0 Å². The van der Waals surface area contributed by atoms with Crippen molar-refractivity contribution in [3.8, 4) is 0 Å². The van der Waals surface area contributed by atoms with Crippen LogP contribution in [0.2, 0.25) is 0 Å². The van der Waals surface area contributed by atoms with Crippen LogP contribution in [0.5, 0.6) is 0 Å². The molecule has 0 aliphatic carbocycles. The number of halogens is 2. The van der Waals surface area contributed by atoms with E-state index < -0.39 is 0 Å². The highest BCUT2D eigenvalue weighted by Gasteiger charge is 2.28. The summed E-state index contributed by atoms with van der Waals surface area (Å²) in [6, 6.07) is 7.48. The number of benzene rings is 1. The lowest BCUT2D eigenvalue weighted by Gasteiger charge is -2.33. The van der Waals surface area contributed by atoms with Crippen LogP contribution in [0, 0.1) is 6.92 Å². The second-order valence-corrected chi connectivity index (χ2v) is 7.89. The third kappa shape index (κ3) is 3.38. The molecule has 0 spiro atoms. The molecule has 26 heavy (non-hydrogen) atoms. The zero-order valence-electron chi connectivity index (χ0n) is 13.9. The summed E-state index contributed by atoms with van der Waals surface area (Å²) >= 11 is 6.87. The van der Waals surface area contributed by atoms with Gasteiger partial charge < -0.3 is 9.64 Å². The minimum absolute atomic E-state index is 0.0269. The predicted octanol–water partition coefficient (Wildman–Crippen LogP) is 3.17. The van der Waals surface area contributed by atoms with Gasteiger partial charge in [-0.25, -0.2) is 4.98 Å². The van der Waals surface area contributed by atoms with E-state index in [1.54, 1.807) is 9.42 Å². The van der Waals surface area contributed by atoms with E-state index in [2.05, 4.69) is 46.9 Å². The molecule has 0 saturated carbocycles. The summed E-state index contributed by atoms with van der Waals surface area (Å²) in [7, 11) is 0. The molecule has 134 valence electrons. The Balaban J connectivity index is 1.63. The van der Waals surface area contributed by atoms with E-state index in [1.807, 2.05) is 31.2 Å². The summed E-state index contributed by atoms with van der Waals surface area (Å²) in [5, 5.41) is 4.23. The second kappa shape index (κ2) is 7.05. The van der Waals surface area contributed by atoms with Crippen LogP contribution in [0.1, 0.15) is 27.8 Å². The molecular weight excluding hydrogens is 466 g/mol. The maximum absolute atomic E-state index is 12.9. The fourth-order valence-corrected chi connectivity index (χ4v) is 4.35. The molecule has 1 atom stereocenters. The molecule has 4 rings (SSSR count). The van der Waals surface area contributed by atoms with Crippen LogP contribution >= 0.6 is 31.9 Å². The first-order chi connectivity index (χ1) is 12.5. The van der Waals surface area contributed by atoms with E-state index >= 15 is 0 Å². The molecule has 3 heterocycles. The van der Waals surface area contributed by atoms with Gasteiger partial charge in [-0.15, -0.1) is 0 Å². The van der Waals surface area contributed by atoms with Crippen molar-refractivity contribution < 1.29 is 9.53 Å². The summed E-state index contributed by atoms with van der Waals surface area (Å²) in [5.41, 5.74) is 2.31. The van der Waals surface area contributed by atoms with Crippen LogP contribution in [-0.4, -0.2) is 50.1 Å². The number of rotatable bonds is 2. The van der Waals surface area contributed by atoms with Crippen molar-refractivity contribution in [3.05, 3.63) is 56.5 Å². The molecule has 0 unspecified atom stereocenters. The van der Waals surface area contributed by atoms with Crippen molar-refractivity contribution in [1.29, 1.82) is 0 Å². The van der Waals surface area contributed by atoms with Gasteiger partial charge in [0.15, 0.2) is 0 Å². The Morgan fingerprint density at radius 1 is 1.23 bits per heavy atom. The average Bonchev–Trinajstić information content (AvgIpc) is 3.08. The number of carbonyl (C=O) groups is 1. The molecular formula is C17H15Br2N5O2. The highest BCUT2D eigenvalue weighted by molar-refractivity contribution is 9.11. The van der Waals surface area contributed by atoms with Crippen LogP contribution < -0.4 is 0 Å². The van der Waals surface area contributed by atoms with Gasteiger partial charge in [0.1, 0.15) is 12.4 Å². The van der Waals surface area contributed by atoms with Gasteiger partial charge in [0.25, 0.3) is 11.7 Å². The molecule has 1 amide bonds. The van der Waals surface area contributed by atoms with Crippen LogP contribution in [0.15, 0.2) is 39.5 Å². The quantitative estimate of drug-likeness (QED) is 0.563. The van der Waals surface area contributed by atoms with Crippen LogP contribution in [0.25, 0.3) is 5.78 Å². The van der Waals surface area contributed by atoms with Crippen LogP contribution in [0.3, 0.4) is 0 Å². The molecule has 1 aliphatic rings. The maximum Gasteiger partial charge on any atom is 0.254 e. The minimum atomic E-state index is -0.283. The van der Waals surface area contributed by atoms with Crippen LogP contribution in [0.4, 0.5) is 0 Å². The first kappa shape index (κ1) is 17.6. The van der Waals surface area contributed by atoms with E-state index in [0.29, 0.717) is 31.0 Å². The number of aryl methyl sites for hydroxylation is 1. The Labute approximate surface area is 166 Å². The zero-order valence-corrected chi connectivity index (χ0v) is 17.1. The van der Waals surface area contributed by atoms with E-state index in [9.17, 15) is 4.79 Å². The number of ether oxygens (including phenoxy) is 1. The average molecular weight is 481 g/mol. The Morgan fingerprint density at radius 3 is 2.77 bits per heavy atom. The normalized spacial score (nSPS) is 17.7. The maximum atomic E-state index is 12.9. The molecule has 1 saturated heterocycles. The number of carbonyl (C=O) groups excluding carboxylic acids is 1. The third-order valence-corrected chi connectivity index (χ3v) is 5.12. The van der Waals surface area contributed by atoms with Crippen molar-refractivity contribution in [2.24, 2.45) is 0 Å². The van der Waals surface area contributed by atoms with Gasteiger partial charge in [-0.2, -0.15) is 14.6 Å². The lowest BCUT2D eigenvalue weighted by atomic mass is 10.1. The van der Waals surface area contributed by atoms with E-state index in [-0.39, 0.29) is 12.0 Å². The smallest absolute Gasteiger partial charge is 0.254 e. The molecule has 2 aromatic heterocycles. The van der Waals surface area contributed by atoms with Gasteiger partial charge in [0, 0.05) is 26.7 Å². The number of hydrogen-bond donors (Lipinski definition) is 0. The second-order valence-electron chi connectivity index (χ2n) is 6.06. The number of hydrogen-bond acceptors (Lipinski definition) is 5. The summed E-state index contributed by atoms with van der Waals surface area (Å²) in [4.78, 5) is 23.3. The third-order valence-electron chi connectivity index (χ3n) is 4.20. The number of aromatic nitrogens is 4. The molecule has 0 radical (unpaired) electrons. The Morgan fingerprint density at radius 2 is 2.00 bits per heavy atom. The number of amides is 1. The lowest BCUT2D eigenvalue weighted by molar-refractivity contribution is -0.0257. The minimum Gasteiger partial charge on any atom is -0.368 e. The summed E-state index contributed by atoms with van der Waals surface area (Å²) in [5.74, 6) is 0.504. The summed E-state index contributed by atoms with van der Waals surface area (Å²) < 4.78 is 9.31. The lowest BCUT2D eigenvalue weighted by Crippen LogP contribution is -2.42. The largest absolute Gasteiger partial charge is 0.368 e. The first-order valence-corrected chi connectivity index (χ1v) is 9.64. The molecule has 1 fully saturated rings. The molecule has 1 aromatic carbocycles. The van der Waals surface area contributed by atoms with Crippen LogP contribution in [-0.2, 0) is 4.74 Å². The molecule has 7 nitrogen and oxygen atoms in total. The summed E-state index contributed by atoms with van der Waals surface area (Å²) in [6.45, 7) is 3.36. The Kier molecular flexibility index (Phi) is 4.76. The highest BCUT2D eigenvalue weighted by atomic mass is 79.9. The Hall–Kier alpha value is -1.84. The molecule has 9 heteroatoms. The molecule has 3 aromatic rings. The zero-order chi connectivity index (χ0) is 18.3. The summed E-state index contributed by atoms with van der Waals surface area (Å²) in [6.07, 6.45) is 1.19. The monoisotopic (exact) mass is 479 g/mol. The first-order valence-electron chi connectivity index (χ1n) is 8.05. The number of fused-ring (bicyclic) bond motifs is 1.